The third-order valence-electron chi connectivity index (χ3n) is 1.79. The van der Waals surface area contributed by atoms with E-state index >= 15 is 0 Å². The third-order valence-corrected chi connectivity index (χ3v) is 4.39. The minimum atomic E-state index is -3.00. The molecule has 5 heteroatoms. The van der Waals surface area contributed by atoms with Crippen molar-refractivity contribution in [2.24, 2.45) is 5.73 Å². The SMILES string of the molecule is CCOP1(=O)OCCC1(C)N. The molecule has 4 nitrogen and oxygen atoms in total. The monoisotopic (exact) mass is 179 g/mol. The van der Waals surface area contributed by atoms with Gasteiger partial charge in [-0.1, -0.05) is 0 Å². The summed E-state index contributed by atoms with van der Waals surface area (Å²) in [6, 6.07) is 0. The van der Waals surface area contributed by atoms with Crippen molar-refractivity contribution in [2.75, 3.05) is 13.2 Å². The maximum absolute atomic E-state index is 11.7. The molecule has 0 aromatic heterocycles. The van der Waals surface area contributed by atoms with Crippen molar-refractivity contribution in [1.29, 1.82) is 0 Å². The predicted octanol–water partition coefficient (Wildman–Crippen LogP) is 1.31. The van der Waals surface area contributed by atoms with Crippen LogP contribution in [0.25, 0.3) is 0 Å². The molecule has 66 valence electrons. The smallest absolute Gasteiger partial charge is 0.315 e. The summed E-state index contributed by atoms with van der Waals surface area (Å²) in [6.45, 7) is 4.29. The largest absolute Gasteiger partial charge is 0.350 e. The fraction of sp³-hybridized carbons (Fsp3) is 1.00. The van der Waals surface area contributed by atoms with Gasteiger partial charge in [-0.15, -0.1) is 0 Å². The summed E-state index contributed by atoms with van der Waals surface area (Å²) in [5, 5.41) is -0.789. The van der Waals surface area contributed by atoms with Crippen LogP contribution < -0.4 is 5.73 Å². The average molecular weight is 179 g/mol. The van der Waals surface area contributed by atoms with Gasteiger partial charge in [-0.05, 0) is 13.8 Å². The second-order valence-corrected chi connectivity index (χ2v) is 5.39. The van der Waals surface area contributed by atoms with Gasteiger partial charge >= 0.3 is 7.60 Å². The zero-order valence-corrected chi connectivity index (χ0v) is 7.77. The summed E-state index contributed by atoms with van der Waals surface area (Å²) in [4.78, 5) is 0. The molecule has 0 spiro atoms. The van der Waals surface area contributed by atoms with Gasteiger partial charge in [0.1, 0.15) is 5.28 Å². The lowest BCUT2D eigenvalue weighted by Gasteiger charge is -2.23. The molecule has 2 N–H and O–H groups in total. The predicted molar refractivity (Wildman–Crippen MR) is 42.4 cm³/mol. The van der Waals surface area contributed by atoms with Gasteiger partial charge in [0, 0.05) is 6.42 Å². The molecule has 0 amide bonds. The molecule has 2 atom stereocenters. The Kier molecular flexibility index (Phi) is 2.40. The Morgan fingerprint density at radius 2 is 2.45 bits per heavy atom. The maximum atomic E-state index is 11.7. The molecule has 0 bridgehead atoms. The highest BCUT2D eigenvalue weighted by atomic mass is 31.2. The molecular formula is C6H14NO3P. The van der Waals surface area contributed by atoms with Gasteiger partial charge in [-0.25, -0.2) is 0 Å². The summed E-state index contributed by atoms with van der Waals surface area (Å²) in [5.41, 5.74) is 5.73. The number of hydrogen-bond acceptors (Lipinski definition) is 4. The van der Waals surface area contributed by atoms with Crippen LogP contribution in [0, 0.1) is 0 Å². The van der Waals surface area contributed by atoms with E-state index in [4.69, 9.17) is 14.8 Å². The van der Waals surface area contributed by atoms with E-state index in [2.05, 4.69) is 0 Å². The van der Waals surface area contributed by atoms with Gasteiger partial charge in [0.2, 0.25) is 0 Å². The standard InChI is InChI=1S/C6H14NO3P/c1-3-9-11(8)6(2,7)4-5-10-11/h3-5,7H2,1-2H3. The summed E-state index contributed by atoms with van der Waals surface area (Å²) in [5.74, 6) is 0. The zero-order valence-electron chi connectivity index (χ0n) is 6.87. The second-order valence-electron chi connectivity index (χ2n) is 2.86. The fourth-order valence-corrected chi connectivity index (χ4v) is 2.71. The lowest BCUT2D eigenvalue weighted by atomic mass is 10.3. The molecule has 2 unspecified atom stereocenters. The zero-order chi connectivity index (χ0) is 8.54. The van der Waals surface area contributed by atoms with E-state index in [1.807, 2.05) is 0 Å². The van der Waals surface area contributed by atoms with Crippen LogP contribution in [0.2, 0.25) is 0 Å². The molecule has 0 aromatic carbocycles. The van der Waals surface area contributed by atoms with Gasteiger partial charge < -0.3 is 14.8 Å². The van der Waals surface area contributed by atoms with Crippen LogP contribution in [0.1, 0.15) is 20.3 Å². The Morgan fingerprint density at radius 1 is 1.82 bits per heavy atom. The molecule has 0 aliphatic carbocycles. The normalized spacial score (nSPS) is 44.6. The van der Waals surface area contributed by atoms with E-state index in [-0.39, 0.29) is 0 Å². The minimum absolute atomic E-state index is 0.379. The van der Waals surface area contributed by atoms with Gasteiger partial charge in [-0.2, -0.15) is 0 Å². The Labute approximate surface area is 66.6 Å². The van der Waals surface area contributed by atoms with Crippen LogP contribution in [-0.4, -0.2) is 18.5 Å². The summed E-state index contributed by atoms with van der Waals surface area (Å²) in [7, 11) is -3.00. The quantitative estimate of drug-likeness (QED) is 0.649. The number of rotatable bonds is 2. The molecule has 1 rings (SSSR count). The lowest BCUT2D eigenvalue weighted by Crippen LogP contribution is -2.32. The van der Waals surface area contributed by atoms with E-state index < -0.39 is 12.9 Å². The van der Waals surface area contributed by atoms with E-state index in [1.54, 1.807) is 13.8 Å². The van der Waals surface area contributed by atoms with Crippen molar-refractivity contribution in [1.82, 2.24) is 0 Å². The molecule has 1 aliphatic heterocycles. The van der Waals surface area contributed by atoms with Crippen LogP contribution in [0.3, 0.4) is 0 Å². The van der Waals surface area contributed by atoms with Crippen LogP contribution in [0.5, 0.6) is 0 Å². The first kappa shape index (κ1) is 9.20. The van der Waals surface area contributed by atoms with Gasteiger partial charge in [0.15, 0.2) is 0 Å². The van der Waals surface area contributed by atoms with Crippen molar-refractivity contribution >= 4 is 7.60 Å². The Balaban J connectivity index is 2.77. The molecular weight excluding hydrogens is 165 g/mol. The van der Waals surface area contributed by atoms with Crippen LogP contribution in [0.15, 0.2) is 0 Å². The summed E-state index contributed by atoms with van der Waals surface area (Å²) in [6.07, 6.45) is 0.601. The number of hydrogen-bond donors (Lipinski definition) is 1. The van der Waals surface area contributed by atoms with Crippen LogP contribution in [0.4, 0.5) is 0 Å². The fourth-order valence-electron chi connectivity index (χ4n) is 1.01. The molecule has 0 saturated carbocycles. The van der Waals surface area contributed by atoms with Gasteiger partial charge in [0.25, 0.3) is 0 Å². The highest BCUT2D eigenvalue weighted by molar-refractivity contribution is 7.55. The topological polar surface area (TPSA) is 61.5 Å². The highest BCUT2D eigenvalue weighted by Gasteiger charge is 2.48. The summed E-state index contributed by atoms with van der Waals surface area (Å²) < 4.78 is 21.7. The third kappa shape index (κ3) is 1.49. The van der Waals surface area contributed by atoms with E-state index in [0.717, 1.165) is 0 Å². The second kappa shape index (κ2) is 2.87. The van der Waals surface area contributed by atoms with Crippen LogP contribution >= 0.6 is 7.60 Å². The molecule has 1 heterocycles. The van der Waals surface area contributed by atoms with Crippen molar-refractivity contribution in [3.8, 4) is 0 Å². The molecule has 11 heavy (non-hydrogen) atoms. The summed E-state index contributed by atoms with van der Waals surface area (Å²) >= 11 is 0. The molecule has 0 aromatic rings. The lowest BCUT2D eigenvalue weighted by molar-refractivity contribution is 0.234. The maximum Gasteiger partial charge on any atom is 0.350 e. The van der Waals surface area contributed by atoms with Gasteiger partial charge in [0.05, 0.1) is 13.2 Å². The van der Waals surface area contributed by atoms with E-state index in [0.29, 0.717) is 19.6 Å². The Bertz CT molecular complexity index is 192. The first-order valence-electron chi connectivity index (χ1n) is 3.70. The Hall–Kier alpha value is 0.110. The molecule has 0 radical (unpaired) electrons. The minimum Gasteiger partial charge on any atom is -0.315 e. The first-order chi connectivity index (χ1) is 5.02. The van der Waals surface area contributed by atoms with E-state index in [1.165, 1.54) is 0 Å². The van der Waals surface area contributed by atoms with E-state index in [9.17, 15) is 4.57 Å². The van der Waals surface area contributed by atoms with Crippen molar-refractivity contribution in [2.45, 2.75) is 25.5 Å². The molecule has 1 saturated heterocycles. The average Bonchev–Trinajstić information content (AvgIpc) is 2.09. The van der Waals surface area contributed by atoms with Crippen LogP contribution in [-0.2, 0) is 13.6 Å². The Morgan fingerprint density at radius 3 is 2.82 bits per heavy atom. The van der Waals surface area contributed by atoms with Gasteiger partial charge in [-0.3, -0.25) is 4.57 Å². The number of nitrogens with two attached hydrogens (primary N) is 1. The van der Waals surface area contributed by atoms with Crippen molar-refractivity contribution < 1.29 is 13.6 Å². The first-order valence-corrected chi connectivity index (χ1v) is 5.24. The highest BCUT2D eigenvalue weighted by Crippen LogP contribution is 2.62. The molecule has 1 aliphatic rings. The van der Waals surface area contributed by atoms with Crippen molar-refractivity contribution in [3.63, 3.8) is 0 Å². The molecule has 1 fully saturated rings. The van der Waals surface area contributed by atoms with Crippen molar-refractivity contribution in [3.05, 3.63) is 0 Å².